The lowest BCUT2D eigenvalue weighted by atomic mass is 10.2. The molecule has 0 spiro atoms. The van der Waals surface area contributed by atoms with Gasteiger partial charge in [-0.05, 0) is 31.2 Å². The van der Waals surface area contributed by atoms with Crippen LogP contribution in [0.25, 0.3) is 10.6 Å². The SMILES string of the molecule is Cc1nc(-c2cccc(Cl)c2)sc1C(=O)NNC(=O)c1ccccc1F. The lowest BCUT2D eigenvalue weighted by Gasteiger charge is -2.07. The fourth-order valence-corrected chi connectivity index (χ4v) is 3.38. The minimum Gasteiger partial charge on any atom is -0.267 e. The van der Waals surface area contributed by atoms with Gasteiger partial charge in [0.25, 0.3) is 11.8 Å². The highest BCUT2D eigenvalue weighted by Crippen LogP contribution is 2.29. The molecule has 0 saturated carbocycles. The lowest BCUT2D eigenvalue weighted by Crippen LogP contribution is -2.41. The van der Waals surface area contributed by atoms with Crippen LogP contribution in [0.15, 0.2) is 48.5 Å². The van der Waals surface area contributed by atoms with Gasteiger partial charge >= 0.3 is 0 Å². The first-order valence-corrected chi connectivity index (χ1v) is 8.73. The second-order valence-electron chi connectivity index (χ2n) is 5.33. The van der Waals surface area contributed by atoms with Crippen molar-refractivity contribution in [1.82, 2.24) is 15.8 Å². The Bertz CT molecular complexity index is 990. The minimum atomic E-state index is -0.742. The van der Waals surface area contributed by atoms with Crippen LogP contribution in [0.3, 0.4) is 0 Å². The minimum absolute atomic E-state index is 0.159. The second kappa shape index (κ2) is 7.63. The molecule has 0 unspecified atom stereocenters. The Labute approximate surface area is 157 Å². The van der Waals surface area contributed by atoms with Gasteiger partial charge in [0.1, 0.15) is 15.7 Å². The second-order valence-corrected chi connectivity index (χ2v) is 6.77. The Hall–Kier alpha value is -2.77. The van der Waals surface area contributed by atoms with Crippen LogP contribution in [-0.4, -0.2) is 16.8 Å². The van der Waals surface area contributed by atoms with Gasteiger partial charge in [-0.25, -0.2) is 9.37 Å². The van der Waals surface area contributed by atoms with Crippen molar-refractivity contribution in [3.05, 3.63) is 75.5 Å². The number of carbonyl (C=O) groups excluding carboxylic acids is 2. The zero-order chi connectivity index (χ0) is 18.7. The Kier molecular flexibility index (Phi) is 5.29. The fraction of sp³-hybridized carbons (Fsp3) is 0.0556. The number of rotatable bonds is 3. The Balaban J connectivity index is 1.73. The maximum atomic E-state index is 13.6. The molecule has 26 heavy (non-hydrogen) atoms. The summed E-state index contributed by atoms with van der Waals surface area (Å²) in [6.45, 7) is 1.69. The maximum Gasteiger partial charge on any atom is 0.281 e. The number of nitrogens with zero attached hydrogens (tertiary/aromatic N) is 1. The molecule has 3 rings (SSSR count). The van der Waals surface area contributed by atoms with E-state index < -0.39 is 17.6 Å². The smallest absolute Gasteiger partial charge is 0.267 e. The van der Waals surface area contributed by atoms with E-state index >= 15 is 0 Å². The summed E-state index contributed by atoms with van der Waals surface area (Å²) in [6.07, 6.45) is 0. The van der Waals surface area contributed by atoms with Gasteiger partial charge in [-0.15, -0.1) is 11.3 Å². The summed E-state index contributed by atoms with van der Waals surface area (Å²) in [5.41, 5.74) is 5.63. The predicted molar refractivity (Wildman–Crippen MR) is 98.6 cm³/mol. The van der Waals surface area contributed by atoms with E-state index in [0.29, 0.717) is 20.6 Å². The van der Waals surface area contributed by atoms with Crippen LogP contribution in [0.1, 0.15) is 25.7 Å². The molecule has 3 aromatic rings. The third kappa shape index (κ3) is 3.89. The van der Waals surface area contributed by atoms with Crippen LogP contribution >= 0.6 is 22.9 Å². The van der Waals surface area contributed by atoms with Gasteiger partial charge < -0.3 is 0 Å². The van der Waals surface area contributed by atoms with Crippen molar-refractivity contribution in [3.8, 4) is 10.6 Å². The molecule has 1 heterocycles. The Morgan fingerprint density at radius 3 is 2.54 bits per heavy atom. The van der Waals surface area contributed by atoms with Crippen molar-refractivity contribution in [2.75, 3.05) is 0 Å². The number of nitrogens with one attached hydrogen (secondary N) is 2. The van der Waals surface area contributed by atoms with Crippen LogP contribution in [0, 0.1) is 12.7 Å². The zero-order valence-corrected chi connectivity index (χ0v) is 15.1. The monoisotopic (exact) mass is 389 g/mol. The predicted octanol–water partition coefficient (Wildman–Crippen LogP) is 3.99. The third-order valence-electron chi connectivity index (χ3n) is 3.48. The summed E-state index contributed by atoms with van der Waals surface area (Å²) in [5.74, 6) is -1.94. The van der Waals surface area contributed by atoms with Crippen molar-refractivity contribution in [3.63, 3.8) is 0 Å². The van der Waals surface area contributed by atoms with Crippen molar-refractivity contribution in [1.29, 1.82) is 0 Å². The summed E-state index contributed by atoms with van der Waals surface area (Å²) < 4.78 is 13.6. The summed E-state index contributed by atoms with van der Waals surface area (Å²) in [5, 5.41) is 1.20. The van der Waals surface area contributed by atoms with E-state index in [1.54, 1.807) is 25.1 Å². The third-order valence-corrected chi connectivity index (χ3v) is 4.92. The van der Waals surface area contributed by atoms with Crippen LogP contribution in [-0.2, 0) is 0 Å². The molecular weight excluding hydrogens is 377 g/mol. The molecular formula is C18H13ClFN3O2S. The number of halogens is 2. The van der Waals surface area contributed by atoms with Gasteiger partial charge in [-0.1, -0.05) is 35.9 Å². The first-order valence-electron chi connectivity index (χ1n) is 7.54. The fourth-order valence-electron chi connectivity index (χ4n) is 2.24. The number of carbonyl (C=O) groups is 2. The number of aromatic nitrogens is 1. The highest BCUT2D eigenvalue weighted by Gasteiger charge is 2.18. The lowest BCUT2D eigenvalue weighted by molar-refractivity contribution is 0.0846. The van der Waals surface area contributed by atoms with E-state index in [0.717, 1.165) is 5.56 Å². The molecule has 0 aliphatic rings. The van der Waals surface area contributed by atoms with Crippen molar-refractivity contribution >= 4 is 34.8 Å². The average Bonchev–Trinajstić information content (AvgIpc) is 3.02. The van der Waals surface area contributed by atoms with Crippen molar-refractivity contribution < 1.29 is 14.0 Å². The van der Waals surface area contributed by atoms with E-state index in [1.807, 2.05) is 6.07 Å². The maximum absolute atomic E-state index is 13.6. The van der Waals surface area contributed by atoms with E-state index in [1.165, 1.54) is 35.6 Å². The molecule has 0 aliphatic heterocycles. The quantitative estimate of drug-likeness (QED) is 0.665. The highest BCUT2D eigenvalue weighted by atomic mass is 35.5. The summed E-state index contributed by atoms with van der Waals surface area (Å²) >= 11 is 7.15. The van der Waals surface area contributed by atoms with Gasteiger partial charge in [0.15, 0.2) is 0 Å². The molecule has 0 bridgehead atoms. The van der Waals surface area contributed by atoms with Crippen molar-refractivity contribution in [2.24, 2.45) is 0 Å². The van der Waals surface area contributed by atoms with Crippen molar-refractivity contribution in [2.45, 2.75) is 6.92 Å². The summed E-state index contributed by atoms with van der Waals surface area (Å²) in [4.78, 5) is 29.0. The Morgan fingerprint density at radius 1 is 1.08 bits per heavy atom. The number of amides is 2. The highest BCUT2D eigenvalue weighted by molar-refractivity contribution is 7.17. The summed E-state index contributed by atoms with van der Waals surface area (Å²) in [6, 6.07) is 12.6. The standard InChI is InChI=1S/C18H13ClFN3O2S/c1-10-15(26-18(21-10)11-5-4-6-12(19)9-11)17(25)23-22-16(24)13-7-2-3-8-14(13)20/h2-9H,1H3,(H,22,24)(H,23,25). The molecule has 8 heteroatoms. The number of hydrazine groups is 1. The number of benzene rings is 2. The molecule has 0 fully saturated rings. The number of hydrogen-bond donors (Lipinski definition) is 2. The number of thiazole rings is 1. The molecule has 2 aromatic carbocycles. The normalized spacial score (nSPS) is 10.4. The number of aryl methyl sites for hydroxylation is 1. The molecule has 132 valence electrons. The molecule has 0 aliphatic carbocycles. The van der Waals surface area contributed by atoms with Crippen LogP contribution < -0.4 is 10.9 Å². The Morgan fingerprint density at radius 2 is 1.81 bits per heavy atom. The first kappa shape index (κ1) is 18.0. The molecule has 2 amide bonds. The molecule has 0 radical (unpaired) electrons. The van der Waals surface area contributed by atoms with Crippen LogP contribution in [0.5, 0.6) is 0 Å². The molecule has 1 aromatic heterocycles. The van der Waals surface area contributed by atoms with E-state index in [9.17, 15) is 14.0 Å². The van der Waals surface area contributed by atoms with Gasteiger partial charge in [0.2, 0.25) is 0 Å². The van der Waals surface area contributed by atoms with Crippen LogP contribution in [0.4, 0.5) is 4.39 Å². The van der Waals surface area contributed by atoms with Gasteiger partial charge in [0, 0.05) is 10.6 Å². The van der Waals surface area contributed by atoms with Crippen LogP contribution in [0.2, 0.25) is 5.02 Å². The van der Waals surface area contributed by atoms with E-state index in [4.69, 9.17) is 11.6 Å². The molecule has 0 atom stereocenters. The largest absolute Gasteiger partial charge is 0.281 e. The van der Waals surface area contributed by atoms with E-state index in [2.05, 4.69) is 15.8 Å². The molecule has 2 N–H and O–H groups in total. The topological polar surface area (TPSA) is 71.1 Å². The van der Waals surface area contributed by atoms with Gasteiger partial charge in [0.05, 0.1) is 11.3 Å². The molecule has 5 nitrogen and oxygen atoms in total. The number of hydrogen-bond acceptors (Lipinski definition) is 4. The van der Waals surface area contributed by atoms with Gasteiger partial charge in [-0.3, -0.25) is 20.4 Å². The molecule has 0 saturated heterocycles. The summed E-state index contributed by atoms with van der Waals surface area (Å²) in [7, 11) is 0. The zero-order valence-electron chi connectivity index (χ0n) is 13.5. The first-order chi connectivity index (χ1) is 12.5. The van der Waals surface area contributed by atoms with E-state index in [-0.39, 0.29) is 5.56 Å². The van der Waals surface area contributed by atoms with Gasteiger partial charge in [-0.2, -0.15) is 0 Å². The average molecular weight is 390 g/mol.